The molecule has 3 N–H and O–H groups in total. The van der Waals surface area contributed by atoms with Crippen molar-refractivity contribution in [3.05, 3.63) is 97.6 Å². The van der Waals surface area contributed by atoms with Gasteiger partial charge in [0.25, 0.3) is 5.91 Å². The van der Waals surface area contributed by atoms with Crippen LogP contribution >= 0.6 is 46.4 Å². The fraction of sp³-hybridized carbons (Fsp3) is 0.207. The first kappa shape index (κ1) is 28.3. The molecule has 0 unspecified atom stereocenters. The molecule has 206 valence electrons. The second kappa shape index (κ2) is 12.1. The van der Waals surface area contributed by atoms with Crippen LogP contribution in [0.25, 0.3) is 11.3 Å². The number of carbonyl (C=O) groups is 2. The van der Waals surface area contributed by atoms with E-state index >= 15 is 0 Å². The lowest BCUT2D eigenvalue weighted by molar-refractivity contribution is 0.102. The quantitative estimate of drug-likeness (QED) is 0.189. The average Bonchev–Trinajstić information content (AvgIpc) is 3.61. The monoisotopic (exact) mass is 616 g/mol. The molecule has 7 nitrogen and oxygen atoms in total. The number of hydrogen-bond acceptors (Lipinski definition) is 4. The molecule has 0 atom stereocenters. The number of hydrogen-bond donors (Lipinski definition) is 3. The summed E-state index contributed by atoms with van der Waals surface area (Å²) in [4.78, 5) is 26.2. The molecule has 0 aliphatic heterocycles. The maximum atomic E-state index is 13.3. The number of aromatic hydroxyl groups is 1. The van der Waals surface area contributed by atoms with Gasteiger partial charge in [-0.05, 0) is 66.9 Å². The van der Waals surface area contributed by atoms with Crippen LogP contribution in [0.3, 0.4) is 0 Å². The summed E-state index contributed by atoms with van der Waals surface area (Å²) in [5, 5.41) is 22.2. The zero-order chi connectivity index (χ0) is 28.4. The highest BCUT2D eigenvalue weighted by molar-refractivity contribution is 6.42. The van der Waals surface area contributed by atoms with Crippen molar-refractivity contribution in [2.75, 3.05) is 5.32 Å². The summed E-state index contributed by atoms with van der Waals surface area (Å²) in [6.45, 7) is 0.229. The highest BCUT2D eigenvalue weighted by Crippen LogP contribution is 2.38. The van der Waals surface area contributed by atoms with Crippen LogP contribution in [0.15, 0.2) is 60.7 Å². The highest BCUT2D eigenvalue weighted by atomic mass is 35.5. The van der Waals surface area contributed by atoms with Gasteiger partial charge in [-0.15, -0.1) is 0 Å². The Bertz CT molecular complexity index is 1580. The number of phenols is 1. The number of halogens is 4. The van der Waals surface area contributed by atoms with Gasteiger partial charge in [0.15, 0.2) is 0 Å². The molecule has 11 heteroatoms. The Hall–Kier alpha value is -3.23. The normalized spacial score (nSPS) is 13.4. The summed E-state index contributed by atoms with van der Waals surface area (Å²) in [7, 11) is 0. The predicted octanol–water partition coefficient (Wildman–Crippen LogP) is 8.54. The van der Waals surface area contributed by atoms with Crippen molar-refractivity contribution < 1.29 is 14.7 Å². The largest absolute Gasteiger partial charge is 0.507 e. The van der Waals surface area contributed by atoms with Crippen molar-refractivity contribution in [3.8, 4) is 17.0 Å². The number of nitrogens with zero attached hydrogens (tertiary/aromatic N) is 2. The van der Waals surface area contributed by atoms with E-state index in [4.69, 9.17) is 46.4 Å². The van der Waals surface area contributed by atoms with Gasteiger partial charge in [0.1, 0.15) is 5.75 Å². The van der Waals surface area contributed by atoms with E-state index in [1.807, 2.05) is 6.07 Å². The highest BCUT2D eigenvalue weighted by Gasteiger charge is 2.26. The fourth-order valence-corrected chi connectivity index (χ4v) is 5.72. The molecule has 2 amide bonds. The molecule has 3 aromatic carbocycles. The van der Waals surface area contributed by atoms with Crippen LogP contribution in [0.1, 0.15) is 53.2 Å². The van der Waals surface area contributed by atoms with E-state index in [1.165, 1.54) is 10.7 Å². The number of anilines is 1. The van der Waals surface area contributed by atoms with Crippen molar-refractivity contribution >= 4 is 64.0 Å². The Morgan fingerprint density at radius 3 is 2.33 bits per heavy atom. The Kier molecular flexibility index (Phi) is 8.57. The van der Waals surface area contributed by atoms with Gasteiger partial charge in [-0.1, -0.05) is 71.4 Å². The third-order valence-corrected chi connectivity index (χ3v) is 8.22. The van der Waals surface area contributed by atoms with Crippen LogP contribution in [-0.2, 0) is 6.54 Å². The second-order valence-corrected chi connectivity index (χ2v) is 11.2. The Labute approximate surface area is 251 Å². The molecule has 4 aromatic rings. The summed E-state index contributed by atoms with van der Waals surface area (Å²) in [6, 6.07) is 16.0. The SMILES string of the molecule is O=C(Nc1ccc(O)c(-c2cc(C3CCCC3)n(C(=O)NCc3ccc(Cl)c(Cl)c3)n2)c1)c1c(Cl)cccc1Cl. The molecular formula is C29H24Cl4N4O3. The molecule has 0 radical (unpaired) electrons. The van der Waals surface area contributed by atoms with Crippen LogP contribution in [0.5, 0.6) is 5.75 Å². The predicted molar refractivity (Wildman–Crippen MR) is 159 cm³/mol. The number of nitrogens with one attached hydrogen (secondary N) is 2. The van der Waals surface area contributed by atoms with Crippen molar-refractivity contribution in [3.63, 3.8) is 0 Å². The topological polar surface area (TPSA) is 96.2 Å². The number of carbonyl (C=O) groups excluding carboxylic acids is 2. The third kappa shape index (κ3) is 6.08. The molecule has 1 heterocycles. The van der Waals surface area contributed by atoms with Gasteiger partial charge < -0.3 is 15.7 Å². The van der Waals surface area contributed by atoms with E-state index in [1.54, 1.807) is 48.5 Å². The number of phenolic OH excluding ortho intramolecular Hbond substituents is 1. The summed E-state index contributed by atoms with van der Waals surface area (Å²) in [5.41, 5.74) is 2.85. The Balaban J connectivity index is 1.43. The number of amides is 2. The number of benzene rings is 3. The van der Waals surface area contributed by atoms with Crippen LogP contribution in [-0.4, -0.2) is 26.8 Å². The molecule has 1 aliphatic carbocycles. The first-order chi connectivity index (χ1) is 19.2. The molecule has 0 saturated heterocycles. The van der Waals surface area contributed by atoms with E-state index in [-0.39, 0.29) is 33.8 Å². The molecular weight excluding hydrogens is 594 g/mol. The van der Waals surface area contributed by atoms with Crippen LogP contribution in [0.4, 0.5) is 10.5 Å². The van der Waals surface area contributed by atoms with E-state index in [2.05, 4.69) is 15.7 Å². The molecule has 1 saturated carbocycles. The van der Waals surface area contributed by atoms with Gasteiger partial charge in [-0.25, -0.2) is 4.79 Å². The molecule has 1 aliphatic rings. The first-order valence-corrected chi connectivity index (χ1v) is 14.1. The molecule has 1 fully saturated rings. The third-order valence-electron chi connectivity index (χ3n) is 6.85. The molecule has 40 heavy (non-hydrogen) atoms. The minimum atomic E-state index is -0.494. The Morgan fingerprint density at radius 2 is 1.62 bits per heavy atom. The minimum absolute atomic E-state index is 0.0485. The number of rotatable bonds is 6. The molecule has 1 aromatic heterocycles. The standard InChI is InChI=1S/C29H24Cl4N4O3/c30-20-10-8-16(12-23(20)33)15-34-29(40)37-25(17-4-1-2-5-17)14-24(36-37)19-13-18(9-11-26(19)38)35-28(39)27-21(31)6-3-7-22(27)32/h3,6-14,17,38H,1-2,4-5,15H2,(H,34,40)(H,35,39). The minimum Gasteiger partial charge on any atom is -0.507 e. The number of aromatic nitrogens is 2. The molecule has 5 rings (SSSR count). The van der Waals surface area contributed by atoms with Gasteiger partial charge >= 0.3 is 6.03 Å². The van der Waals surface area contributed by atoms with E-state index < -0.39 is 11.9 Å². The van der Waals surface area contributed by atoms with Gasteiger partial charge in [-0.3, -0.25) is 4.79 Å². The fourth-order valence-electron chi connectivity index (χ4n) is 4.83. The maximum absolute atomic E-state index is 13.3. The van der Waals surface area contributed by atoms with Crippen molar-refractivity contribution in [2.45, 2.75) is 38.1 Å². The van der Waals surface area contributed by atoms with Crippen molar-refractivity contribution in [1.82, 2.24) is 15.1 Å². The summed E-state index contributed by atoms with van der Waals surface area (Å²) in [5.74, 6) is -0.386. The van der Waals surface area contributed by atoms with Gasteiger partial charge in [0.05, 0.1) is 37.0 Å². The second-order valence-electron chi connectivity index (χ2n) is 9.54. The lowest BCUT2D eigenvalue weighted by Crippen LogP contribution is -2.30. The van der Waals surface area contributed by atoms with Crippen LogP contribution in [0, 0.1) is 0 Å². The van der Waals surface area contributed by atoms with Crippen LogP contribution in [0.2, 0.25) is 20.1 Å². The zero-order valence-electron chi connectivity index (χ0n) is 21.1. The summed E-state index contributed by atoms with van der Waals surface area (Å²) >= 11 is 24.5. The van der Waals surface area contributed by atoms with E-state index in [9.17, 15) is 14.7 Å². The van der Waals surface area contributed by atoms with Crippen LogP contribution < -0.4 is 10.6 Å². The van der Waals surface area contributed by atoms with Gasteiger partial charge in [0, 0.05) is 23.7 Å². The zero-order valence-corrected chi connectivity index (χ0v) is 24.1. The molecule has 0 bridgehead atoms. The first-order valence-electron chi connectivity index (χ1n) is 12.6. The smallest absolute Gasteiger partial charge is 0.342 e. The van der Waals surface area contributed by atoms with E-state index in [0.717, 1.165) is 36.9 Å². The summed E-state index contributed by atoms with van der Waals surface area (Å²) < 4.78 is 1.36. The average molecular weight is 618 g/mol. The van der Waals surface area contributed by atoms with Crippen molar-refractivity contribution in [1.29, 1.82) is 0 Å². The van der Waals surface area contributed by atoms with Crippen molar-refractivity contribution in [2.24, 2.45) is 0 Å². The lowest BCUT2D eigenvalue weighted by Gasteiger charge is -2.12. The van der Waals surface area contributed by atoms with E-state index in [0.29, 0.717) is 27.0 Å². The molecule has 0 spiro atoms. The maximum Gasteiger partial charge on any atom is 0.342 e. The Morgan fingerprint density at radius 1 is 0.900 bits per heavy atom. The van der Waals surface area contributed by atoms with Gasteiger partial charge in [-0.2, -0.15) is 9.78 Å². The summed E-state index contributed by atoms with van der Waals surface area (Å²) in [6.07, 6.45) is 4.00. The lowest BCUT2D eigenvalue weighted by atomic mass is 10.0. The van der Waals surface area contributed by atoms with Gasteiger partial charge in [0.2, 0.25) is 0 Å².